The van der Waals surface area contributed by atoms with Crippen molar-refractivity contribution in [1.82, 2.24) is 15.1 Å². The Hall–Kier alpha value is -2.37. The summed E-state index contributed by atoms with van der Waals surface area (Å²) in [4.78, 5) is 18.7. The van der Waals surface area contributed by atoms with Gasteiger partial charge in [0, 0.05) is 36.9 Å². The van der Waals surface area contributed by atoms with Crippen LogP contribution in [-0.4, -0.2) is 21.0 Å². The predicted molar refractivity (Wildman–Crippen MR) is 59.8 cm³/mol. The molecule has 0 bridgehead atoms. The number of carboxylic acid groups (broad SMARTS) is 1. The minimum Gasteiger partial charge on any atom is -0.550 e. The van der Waals surface area contributed by atoms with Gasteiger partial charge in [0.1, 0.15) is 6.20 Å². The van der Waals surface area contributed by atoms with E-state index >= 15 is 0 Å². The van der Waals surface area contributed by atoms with Crippen molar-refractivity contribution < 1.29 is 14.6 Å². The molecule has 6 nitrogen and oxygen atoms in total. The Morgan fingerprint density at radius 3 is 2.72 bits per heavy atom. The van der Waals surface area contributed by atoms with Crippen molar-refractivity contribution >= 4 is 5.97 Å². The van der Waals surface area contributed by atoms with Gasteiger partial charge in [0.2, 0.25) is 0 Å². The molecule has 0 aromatic carbocycles. The van der Waals surface area contributed by atoms with Gasteiger partial charge in [-0.1, -0.05) is 4.68 Å². The van der Waals surface area contributed by atoms with E-state index in [0.717, 1.165) is 5.56 Å². The molecular weight excluding hydrogens is 232 g/mol. The third-order valence-corrected chi connectivity index (χ3v) is 2.47. The van der Waals surface area contributed by atoms with Gasteiger partial charge in [-0.3, -0.25) is 0 Å². The summed E-state index contributed by atoms with van der Waals surface area (Å²) >= 11 is 0. The number of carboxylic acids is 1. The van der Waals surface area contributed by atoms with Crippen LogP contribution in [0.5, 0.6) is 0 Å². The minimum absolute atomic E-state index is 0.0706. The van der Waals surface area contributed by atoms with E-state index in [4.69, 9.17) is 0 Å². The van der Waals surface area contributed by atoms with Crippen LogP contribution in [0.15, 0.2) is 36.9 Å². The highest BCUT2D eigenvalue weighted by Gasteiger charge is 2.15. The SMILES string of the molecule is CC(CC(=O)[O-])[n+]1ccc(-c2ncccn2)cn1. The highest BCUT2D eigenvalue weighted by Crippen LogP contribution is 2.10. The third kappa shape index (κ3) is 2.85. The first-order valence-electron chi connectivity index (χ1n) is 5.51. The molecule has 92 valence electrons. The highest BCUT2D eigenvalue weighted by atomic mass is 16.4. The van der Waals surface area contributed by atoms with Crippen LogP contribution in [0.4, 0.5) is 0 Å². The lowest BCUT2D eigenvalue weighted by atomic mass is 10.2. The van der Waals surface area contributed by atoms with Crippen LogP contribution in [0.1, 0.15) is 19.4 Å². The Kier molecular flexibility index (Phi) is 3.57. The summed E-state index contributed by atoms with van der Waals surface area (Å²) in [6.07, 6.45) is 6.56. The fourth-order valence-corrected chi connectivity index (χ4v) is 1.54. The number of carbonyl (C=O) groups excluding carboxylic acids is 1. The Labute approximate surface area is 104 Å². The van der Waals surface area contributed by atoms with Crippen molar-refractivity contribution in [1.29, 1.82) is 0 Å². The maximum absolute atomic E-state index is 10.5. The van der Waals surface area contributed by atoms with E-state index in [9.17, 15) is 9.90 Å². The summed E-state index contributed by atoms with van der Waals surface area (Å²) in [6.45, 7) is 1.77. The van der Waals surface area contributed by atoms with Crippen LogP contribution in [0.25, 0.3) is 11.4 Å². The lowest BCUT2D eigenvalue weighted by Gasteiger charge is -2.05. The Morgan fingerprint density at radius 2 is 2.17 bits per heavy atom. The summed E-state index contributed by atoms with van der Waals surface area (Å²) in [5.41, 5.74) is 0.785. The first kappa shape index (κ1) is 12.1. The van der Waals surface area contributed by atoms with Gasteiger partial charge < -0.3 is 9.90 Å². The molecule has 0 saturated carbocycles. The van der Waals surface area contributed by atoms with Gasteiger partial charge >= 0.3 is 0 Å². The Bertz CT molecular complexity index is 528. The van der Waals surface area contributed by atoms with Crippen molar-refractivity contribution in [2.45, 2.75) is 19.4 Å². The number of rotatable bonds is 4. The van der Waals surface area contributed by atoms with Crippen LogP contribution in [0.2, 0.25) is 0 Å². The van der Waals surface area contributed by atoms with Gasteiger partial charge in [0.05, 0.1) is 6.42 Å². The average molecular weight is 244 g/mol. The van der Waals surface area contributed by atoms with E-state index in [-0.39, 0.29) is 12.5 Å². The second kappa shape index (κ2) is 5.31. The number of aliphatic carboxylic acids is 1. The molecule has 18 heavy (non-hydrogen) atoms. The molecular formula is C12H12N4O2. The fourth-order valence-electron chi connectivity index (χ4n) is 1.54. The first-order chi connectivity index (χ1) is 8.66. The number of nitrogens with zero attached hydrogens (tertiary/aromatic N) is 4. The van der Waals surface area contributed by atoms with Crippen molar-refractivity contribution in [3.05, 3.63) is 36.9 Å². The lowest BCUT2D eigenvalue weighted by molar-refractivity contribution is -0.774. The van der Waals surface area contributed by atoms with Crippen molar-refractivity contribution in [2.24, 2.45) is 0 Å². The number of hydrogen-bond donors (Lipinski definition) is 0. The van der Waals surface area contributed by atoms with Crippen LogP contribution in [0.3, 0.4) is 0 Å². The van der Waals surface area contributed by atoms with Gasteiger partial charge in [-0.05, 0) is 11.2 Å². The van der Waals surface area contributed by atoms with Gasteiger partial charge in [-0.2, -0.15) is 0 Å². The largest absolute Gasteiger partial charge is 0.550 e. The standard InChI is InChI=1S/C12H12N4O2/c1-9(7-11(17)18)16-6-3-10(8-15-16)12-13-4-2-5-14-12/h2-6,8-9H,7H2,1H3. The molecule has 2 heterocycles. The zero-order chi connectivity index (χ0) is 13.0. The van der Waals surface area contributed by atoms with Crippen molar-refractivity contribution in [3.8, 4) is 11.4 Å². The van der Waals surface area contributed by atoms with E-state index < -0.39 is 5.97 Å². The molecule has 6 heteroatoms. The topological polar surface area (TPSA) is 82.7 Å². The molecule has 1 atom stereocenters. The Balaban J connectivity index is 2.18. The highest BCUT2D eigenvalue weighted by molar-refractivity contribution is 5.64. The van der Waals surface area contributed by atoms with Gasteiger partial charge in [-0.25, -0.2) is 9.97 Å². The normalized spacial score (nSPS) is 12.1. The fraction of sp³-hybridized carbons (Fsp3) is 0.250. The number of carbonyl (C=O) groups is 1. The van der Waals surface area contributed by atoms with Crippen LogP contribution in [-0.2, 0) is 4.79 Å². The zero-order valence-electron chi connectivity index (χ0n) is 9.85. The molecule has 2 rings (SSSR count). The van der Waals surface area contributed by atoms with Crippen molar-refractivity contribution in [3.63, 3.8) is 0 Å². The maximum Gasteiger partial charge on any atom is 0.197 e. The summed E-state index contributed by atoms with van der Waals surface area (Å²) in [6, 6.07) is 3.29. The van der Waals surface area contributed by atoms with E-state index in [1.165, 1.54) is 0 Å². The first-order valence-corrected chi connectivity index (χ1v) is 5.51. The van der Waals surface area contributed by atoms with Crippen LogP contribution >= 0.6 is 0 Å². The maximum atomic E-state index is 10.5. The smallest absolute Gasteiger partial charge is 0.197 e. The molecule has 0 saturated heterocycles. The van der Waals surface area contributed by atoms with E-state index in [2.05, 4.69) is 15.1 Å². The molecule has 0 fully saturated rings. The predicted octanol–water partition coefficient (Wildman–Crippen LogP) is -0.473. The molecule has 0 amide bonds. The van der Waals surface area contributed by atoms with Crippen LogP contribution < -0.4 is 9.79 Å². The molecule has 2 aromatic rings. The van der Waals surface area contributed by atoms with E-state index in [0.29, 0.717) is 5.82 Å². The van der Waals surface area contributed by atoms with Gasteiger partial charge in [0.25, 0.3) is 0 Å². The molecule has 0 aliphatic heterocycles. The summed E-state index contributed by atoms with van der Waals surface area (Å²) < 4.78 is 1.57. The Morgan fingerprint density at radius 1 is 1.44 bits per heavy atom. The number of hydrogen-bond acceptors (Lipinski definition) is 5. The average Bonchev–Trinajstić information content (AvgIpc) is 2.39. The third-order valence-electron chi connectivity index (χ3n) is 2.47. The molecule has 0 aliphatic rings. The molecule has 0 spiro atoms. The molecule has 0 N–H and O–H groups in total. The zero-order valence-corrected chi connectivity index (χ0v) is 9.85. The molecule has 2 aromatic heterocycles. The molecule has 1 unspecified atom stereocenters. The van der Waals surface area contributed by atoms with Crippen molar-refractivity contribution in [2.75, 3.05) is 0 Å². The lowest BCUT2D eigenvalue weighted by Crippen LogP contribution is -2.43. The van der Waals surface area contributed by atoms with E-state index in [1.807, 2.05) is 0 Å². The second-order valence-corrected chi connectivity index (χ2v) is 3.89. The summed E-state index contributed by atoms with van der Waals surface area (Å²) in [5.74, 6) is -0.503. The monoisotopic (exact) mass is 244 g/mol. The summed E-state index contributed by atoms with van der Waals surface area (Å²) in [5, 5.41) is 14.7. The van der Waals surface area contributed by atoms with Crippen LogP contribution in [0, 0.1) is 0 Å². The molecule has 0 radical (unpaired) electrons. The van der Waals surface area contributed by atoms with Gasteiger partial charge in [0.15, 0.2) is 18.1 Å². The minimum atomic E-state index is -1.09. The van der Waals surface area contributed by atoms with E-state index in [1.54, 1.807) is 48.5 Å². The quantitative estimate of drug-likeness (QED) is 0.679. The molecule has 0 aliphatic carbocycles. The second-order valence-electron chi connectivity index (χ2n) is 3.89. The summed E-state index contributed by atoms with van der Waals surface area (Å²) in [7, 11) is 0. The number of aromatic nitrogens is 4. The van der Waals surface area contributed by atoms with Gasteiger partial charge in [-0.15, -0.1) is 0 Å².